The van der Waals surface area contributed by atoms with Crippen LogP contribution in [0.5, 0.6) is 5.75 Å². The topological polar surface area (TPSA) is 47.6 Å². The van der Waals surface area contributed by atoms with Crippen molar-refractivity contribution in [1.29, 1.82) is 0 Å². The molecule has 1 atom stereocenters. The lowest BCUT2D eigenvalue weighted by atomic mass is 9.74. The van der Waals surface area contributed by atoms with Crippen molar-refractivity contribution >= 4 is 5.91 Å². The second-order valence-corrected chi connectivity index (χ2v) is 7.78. The molecule has 2 aromatic carbocycles. The highest BCUT2D eigenvalue weighted by Crippen LogP contribution is 2.36. The smallest absolute Gasteiger partial charge is 0.226 e. The highest BCUT2D eigenvalue weighted by Gasteiger charge is 2.40. The summed E-state index contributed by atoms with van der Waals surface area (Å²) < 4.78 is 10.8. The summed E-state index contributed by atoms with van der Waals surface area (Å²) in [7, 11) is 1.67. The number of amides is 1. The summed E-state index contributed by atoms with van der Waals surface area (Å²) in [6.45, 7) is 5.45. The average molecular weight is 382 g/mol. The summed E-state index contributed by atoms with van der Waals surface area (Å²) in [6.07, 6.45) is 3.21. The minimum Gasteiger partial charge on any atom is -0.497 e. The van der Waals surface area contributed by atoms with Gasteiger partial charge in [-0.3, -0.25) is 4.79 Å². The molecule has 0 radical (unpaired) electrons. The van der Waals surface area contributed by atoms with Crippen LogP contribution in [-0.4, -0.2) is 32.3 Å². The van der Waals surface area contributed by atoms with E-state index in [1.165, 1.54) is 5.56 Å². The highest BCUT2D eigenvalue weighted by molar-refractivity contribution is 5.83. The Balaban J connectivity index is 1.83. The Bertz CT molecular complexity index is 779. The van der Waals surface area contributed by atoms with Crippen LogP contribution in [-0.2, 0) is 16.0 Å². The molecule has 1 heterocycles. The standard InChI is InChI=1S/C24H31NO3/c1-4-18(2)25-23(26)24(12-14-28-15-13-24)17-19-6-5-7-21(16-19)20-8-10-22(27-3)11-9-20/h5-11,16,18H,4,12-15,17H2,1-3H3,(H,25,26)/t18-/m1/s1. The number of carbonyl (C=O) groups excluding carboxylic acids is 1. The molecule has 1 fully saturated rings. The second kappa shape index (κ2) is 9.24. The van der Waals surface area contributed by atoms with E-state index < -0.39 is 0 Å². The molecule has 0 aliphatic carbocycles. The lowest BCUT2D eigenvalue weighted by Gasteiger charge is -2.37. The van der Waals surface area contributed by atoms with E-state index in [9.17, 15) is 4.79 Å². The number of hydrogen-bond acceptors (Lipinski definition) is 3. The van der Waals surface area contributed by atoms with Crippen LogP contribution < -0.4 is 10.1 Å². The van der Waals surface area contributed by atoms with Crippen molar-refractivity contribution in [2.24, 2.45) is 5.41 Å². The molecule has 0 aromatic heterocycles. The molecular weight excluding hydrogens is 350 g/mol. The molecule has 0 saturated carbocycles. The van der Waals surface area contributed by atoms with E-state index in [2.05, 4.69) is 55.6 Å². The molecule has 0 bridgehead atoms. The zero-order valence-corrected chi connectivity index (χ0v) is 17.2. The van der Waals surface area contributed by atoms with Crippen molar-refractivity contribution in [3.8, 4) is 16.9 Å². The predicted octanol–water partition coefficient (Wildman–Crippen LogP) is 4.62. The Labute approximate surface area is 168 Å². The third kappa shape index (κ3) is 4.74. The predicted molar refractivity (Wildman–Crippen MR) is 113 cm³/mol. The first-order chi connectivity index (χ1) is 13.6. The third-order valence-electron chi connectivity index (χ3n) is 5.81. The van der Waals surface area contributed by atoms with Gasteiger partial charge in [-0.1, -0.05) is 43.3 Å². The maximum atomic E-state index is 13.1. The first-order valence-corrected chi connectivity index (χ1v) is 10.2. The largest absolute Gasteiger partial charge is 0.497 e. The molecule has 1 saturated heterocycles. The minimum atomic E-state index is -0.389. The summed E-state index contributed by atoms with van der Waals surface area (Å²) in [5.74, 6) is 1.02. The van der Waals surface area contributed by atoms with Gasteiger partial charge in [0.25, 0.3) is 0 Å². The van der Waals surface area contributed by atoms with Crippen LogP contribution in [0, 0.1) is 5.41 Å². The van der Waals surface area contributed by atoms with Gasteiger partial charge in [0.1, 0.15) is 5.75 Å². The van der Waals surface area contributed by atoms with E-state index in [4.69, 9.17) is 9.47 Å². The fourth-order valence-corrected chi connectivity index (χ4v) is 3.76. The molecule has 0 unspecified atom stereocenters. The molecule has 1 N–H and O–H groups in total. The van der Waals surface area contributed by atoms with Gasteiger partial charge in [-0.05, 0) is 61.4 Å². The highest BCUT2D eigenvalue weighted by atomic mass is 16.5. The summed E-state index contributed by atoms with van der Waals surface area (Å²) in [6, 6.07) is 16.8. The maximum Gasteiger partial charge on any atom is 0.226 e. The molecule has 3 rings (SSSR count). The molecule has 1 aliphatic rings. The van der Waals surface area contributed by atoms with E-state index in [0.717, 1.165) is 42.6 Å². The second-order valence-electron chi connectivity index (χ2n) is 7.78. The zero-order chi connectivity index (χ0) is 20.0. The van der Waals surface area contributed by atoms with Crippen molar-refractivity contribution in [1.82, 2.24) is 5.32 Å². The quantitative estimate of drug-likeness (QED) is 0.761. The van der Waals surface area contributed by atoms with Crippen LogP contribution in [0.25, 0.3) is 11.1 Å². The summed E-state index contributed by atoms with van der Waals surface area (Å²) in [5, 5.41) is 3.21. The number of carbonyl (C=O) groups is 1. The molecule has 4 nitrogen and oxygen atoms in total. The number of nitrogens with one attached hydrogen (secondary N) is 1. The summed E-state index contributed by atoms with van der Waals surface area (Å²) >= 11 is 0. The molecule has 0 spiro atoms. The SMILES string of the molecule is CC[C@@H](C)NC(=O)C1(Cc2cccc(-c3ccc(OC)cc3)c2)CCOCC1. The van der Waals surface area contributed by atoms with E-state index in [1.54, 1.807) is 7.11 Å². The normalized spacial score (nSPS) is 17.0. The number of rotatable bonds is 7. The molecule has 28 heavy (non-hydrogen) atoms. The van der Waals surface area contributed by atoms with Crippen molar-refractivity contribution in [3.05, 3.63) is 54.1 Å². The van der Waals surface area contributed by atoms with Crippen LogP contribution >= 0.6 is 0 Å². The van der Waals surface area contributed by atoms with Crippen LogP contribution in [0.15, 0.2) is 48.5 Å². The minimum absolute atomic E-state index is 0.167. The van der Waals surface area contributed by atoms with Crippen molar-refractivity contribution < 1.29 is 14.3 Å². The monoisotopic (exact) mass is 381 g/mol. The molecule has 150 valence electrons. The molecule has 1 aliphatic heterocycles. The first kappa shape index (κ1) is 20.4. The van der Waals surface area contributed by atoms with Gasteiger partial charge in [0, 0.05) is 19.3 Å². The van der Waals surface area contributed by atoms with Crippen molar-refractivity contribution in [2.75, 3.05) is 20.3 Å². The van der Waals surface area contributed by atoms with Crippen LogP contribution in [0.4, 0.5) is 0 Å². The van der Waals surface area contributed by atoms with Gasteiger partial charge in [0.05, 0.1) is 12.5 Å². The van der Waals surface area contributed by atoms with Gasteiger partial charge in [0.2, 0.25) is 5.91 Å². The maximum absolute atomic E-state index is 13.1. The lowest BCUT2D eigenvalue weighted by molar-refractivity contribution is -0.137. The van der Waals surface area contributed by atoms with Crippen LogP contribution in [0.2, 0.25) is 0 Å². The van der Waals surface area contributed by atoms with Crippen LogP contribution in [0.3, 0.4) is 0 Å². The number of ether oxygens (including phenoxy) is 2. The Kier molecular flexibility index (Phi) is 6.74. The van der Waals surface area contributed by atoms with E-state index in [-0.39, 0.29) is 17.4 Å². The molecule has 2 aromatic rings. The van der Waals surface area contributed by atoms with Gasteiger partial charge >= 0.3 is 0 Å². The summed E-state index contributed by atoms with van der Waals surface area (Å²) in [5.41, 5.74) is 3.10. The first-order valence-electron chi connectivity index (χ1n) is 10.2. The number of methoxy groups -OCH3 is 1. The average Bonchev–Trinajstić information content (AvgIpc) is 2.74. The van der Waals surface area contributed by atoms with Gasteiger partial charge in [-0.15, -0.1) is 0 Å². The van der Waals surface area contributed by atoms with Gasteiger partial charge in [0.15, 0.2) is 0 Å². The molecule has 1 amide bonds. The summed E-state index contributed by atoms with van der Waals surface area (Å²) in [4.78, 5) is 13.1. The zero-order valence-electron chi connectivity index (χ0n) is 17.2. The Morgan fingerprint density at radius 1 is 1.14 bits per heavy atom. The molecular formula is C24H31NO3. The van der Waals surface area contributed by atoms with Gasteiger partial charge in [-0.2, -0.15) is 0 Å². The van der Waals surface area contributed by atoms with Crippen molar-refractivity contribution in [3.63, 3.8) is 0 Å². The van der Waals surface area contributed by atoms with Gasteiger partial charge in [-0.25, -0.2) is 0 Å². The third-order valence-corrected chi connectivity index (χ3v) is 5.81. The number of benzene rings is 2. The fourth-order valence-electron chi connectivity index (χ4n) is 3.76. The molecule has 4 heteroatoms. The van der Waals surface area contributed by atoms with E-state index in [1.807, 2.05) is 12.1 Å². The fraction of sp³-hybridized carbons (Fsp3) is 0.458. The van der Waals surface area contributed by atoms with Crippen LogP contribution in [0.1, 0.15) is 38.7 Å². The lowest BCUT2D eigenvalue weighted by Crippen LogP contribution is -2.48. The number of hydrogen-bond donors (Lipinski definition) is 1. The van der Waals surface area contributed by atoms with E-state index >= 15 is 0 Å². The van der Waals surface area contributed by atoms with Gasteiger partial charge < -0.3 is 14.8 Å². The Morgan fingerprint density at radius 2 is 1.86 bits per heavy atom. The Hall–Kier alpha value is -2.33. The Morgan fingerprint density at radius 3 is 2.50 bits per heavy atom. The van der Waals surface area contributed by atoms with Crippen molar-refractivity contribution in [2.45, 2.75) is 45.6 Å². The van der Waals surface area contributed by atoms with E-state index in [0.29, 0.717) is 13.2 Å².